The molecule has 6 heteroatoms. The number of rotatable bonds is 3. The predicted octanol–water partition coefficient (Wildman–Crippen LogP) is 1.64. The molecule has 0 heterocycles. The zero-order valence-electron chi connectivity index (χ0n) is 8.64. The summed E-state index contributed by atoms with van der Waals surface area (Å²) < 4.78 is 13.8. The molecule has 0 aliphatic carbocycles. The molecule has 0 aromatic heterocycles. The summed E-state index contributed by atoms with van der Waals surface area (Å²) in [6, 6.07) is 6.58. The number of para-hydroxylation sites is 1. The maximum atomic E-state index is 10.9. The Morgan fingerprint density at radius 1 is 1.31 bits per heavy atom. The molecule has 5 nitrogen and oxygen atoms in total. The fourth-order valence-corrected chi connectivity index (χ4v) is 1.00. The summed E-state index contributed by atoms with van der Waals surface area (Å²) in [6.07, 6.45) is -0.841. The predicted molar refractivity (Wildman–Crippen MR) is 55.4 cm³/mol. The van der Waals surface area contributed by atoms with Gasteiger partial charge >= 0.3 is 6.16 Å². The van der Waals surface area contributed by atoms with Crippen molar-refractivity contribution in [3.63, 3.8) is 0 Å². The van der Waals surface area contributed by atoms with Crippen LogP contribution >= 0.6 is 0 Å². The van der Waals surface area contributed by atoms with Crippen molar-refractivity contribution in [2.75, 3.05) is 7.11 Å². The second-order valence-corrected chi connectivity index (χ2v) is 2.77. The molecule has 2 radical (unpaired) electrons. The Bertz CT molecular complexity index is 391. The van der Waals surface area contributed by atoms with Gasteiger partial charge in [0.15, 0.2) is 0 Å². The molecule has 0 bridgehead atoms. The van der Waals surface area contributed by atoms with E-state index in [0.717, 1.165) is 0 Å². The number of carbonyl (C=O) groups is 2. The Morgan fingerprint density at radius 2 is 2.00 bits per heavy atom. The number of methoxy groups -OCH3 is 1. The highest BCUT2D eigenvalue weighted by atomic mass is 16.7. The van der Waals surface area contributed by atoms with Gasteiger partial charge in [0.25, 0.3) is 0 Å². The Balaban J connectivity index is 2.74. The SMILES string of the molecule is [B]C(=O)OCc1ccccc1OC(=O)OC. The van der Waals surface area contributed by atoms with Crippen LogP contribution in [0, 0.1) is 0 Å². The lowest BCUT2D eigenvalue weighted by Crippen LogP contribution is -2.10. The van der Waals surface area contributed by atoms with Gasteiger partial charge in [0.2, 0.25) is 13.7 Å². The summed E-state index contributed by atoms with van der Waals surface area (Å²) in [6.45, 7) is -0.0670. The van der Waals surface area contributed by atoms with E-state index in [2.05, 4.69) is 9.47 Å². The van der Waals surface area contributed by atoms with Crippen LogP contribution < -0.4 is 4.74 Å². The van der Waals surface area contributed by atoms with E-state index in [9.17, 15) is 9.59 Å². The van der Waals surface area contributed by atoms with E-state index in [4.69, 9.17) is 12.6 Å². The van der Waals surface area contributed by atoms with E-state index in [1.165, 1.54) is 7.11 Å². The van der Waals surface area contributed by atoms with Crippen molar-refractivity contribution in [3.05, 3.63) is 29.8 Å². The van der Waals surface area contributed by atoms with Crippen LogP contribution in [0.1, 0.15) is 5.56 Å². The van der Waals surface area contributed by atoms with Gasteiger partial charge in [-0.05, 0) is 6.07 Å². The quantitative estimate of drug-likeness (QED) is 0.440. The third-order valence-corrected chi connectivity index (χ3v) is 1.70. The van der Waals surface area contributed by atoms with Crippen LogP contribution in [0.15, 0.2) is 24.3 Å². The van der Waals surface area contributed by atoms with Crippen molar-refractivity contribution in [3.8, 4) is 5.75 Å². The summed E-state index contributed by atoms with van der Waals surface area (Å²) in [7, 11) is 6.02. The van der Waals surface area contributed by atoms with Gasteiger partial charge in [0.1, 0.15) is 12.4 Å². The maximum Gasteiger partial charge on any atom is 0.513 e. The van der Waals surface area contributed by atoms with Gasteiger partial charge in [-0.15, -0.1) is 0 Å². The van der Waals surface area contributed by atoms with E-state index < -0.39 is 12.0 Å². The van der Waals surface area contributed by atoms with Gasteiger partial charge in [-0.2, -0.15) is 0 Å². The lowest BCUT2D eigenvalue weighted by atomic mass is 10.2. The normalized spacial score (nSPS) is 9.31. The Labute approximate surface area is 93.7 Å². The minimum atomic E-state index is -0.895. The van der Waals surface area contributed by atoms with Crippen molar-refractivity contribution in [1.82, 2.24) is 0 Å². The van der Waals surface area contributed by atoms with Gasteiger partial charge in [0.05, 0.1) is 7.11 Å². The number of ether oxygens (including phenoxy) is 3. The van der Waals surface area contributed by atoms with Crippen LogP contribution in [0.3, 0.4) is 0 Å². The lowest BCUT2D eigenvalue weighted by molar-refractivity contribution is 0.120. The van der Waals surface area contributed by atoms with Crippen LogP contribution in [0.25, 0.3) is 0 Å². The average Bonchev–Trinajstić information content (AvgIpc) is 2.27. The Morgan fingerprint density at radius 3 is 2.62 bits per heavy atom. The van der Waals surface area contributed by atoms with Crippen molar-refractivity contribution in [1.29, 1.82) is 0 Å². The summed E-state index contributed by atoms with van der Waals surface area (Å²) in [5, 5.41) is 0. The molecule has 0 spiro atoms. The molecule has 1 aromatic rings. The number of hydrogen-bond acceptors (Lipinski definition) is 5. The Hall–Kier alpha value is -1.98. The van der Waals surface area contributed by atoms with Gasteiger partial charge in [-0.3, -0.25) is 4.79 Å². The maximum absolute atomic E-state index is 10.9. The highest BCUT2D eigenvalue weighted by molar-refractivity contribution is 6.55. The smallest absolute Gasteiger partial charge is 0.470 e. The summed E-state index contributed by atoms with van der Waals surface area (Å²) in [5.74, 6) is -0.636. The molecule has 1 rings (SSSR count). The Kier molecular flexibility index (Phi) is 4.38. The van der Waals surface area contributed by atoms with Gasteiger partial charge in [0, 0.05) is 5.56 Å². The minimum absolute atomic E-state index is 0.0670. The van der Waals surface area contributed by atoms with E-state index in [1.54, 1.807) is 24.3 Å². The first kappa shape index (κ1) is 12.1. The molecule has 0 saturated carbocycles. The highest BCUT2D eigenvalue weighted by Crippen LogP contribution is 2.19. The third kappa shape index (κ3) is 3.64. The summed E-state index contributed by atoms with van der Waals surface area (Å²) in [5.41, 5.74) is 0.520. The largest absolute Gasteiger partial charge is 0.513 e. The molecule has 82 valence electrons. The molecule has 0 N–H and O–H groups in total. The van der Waals surface area contributed by atoms with Crippen LogP contribution in [-0.2, 0) is 16.1 Å². The molecule has 0 saturated heterocycles. The van der Waals surface area contributed by atoms with E-state index in [1.807, 2.05) is 0 Å². The van der Waals surface area contributed by atoms with Crippen LogP contribution in [0.5, 0.6) is 5.75 Å². The molecule has 1 aromatic carbocycles. The standard InChI is InChI=1S/C10H9BO5/c1-14-10(13)16-8-5-3-2-4-7(8)6-15-9(11)12/h2-5H,6H2,1H3. The lowest BCUT2D eigenvalue weighted by Gasteiger charge is -2.08. The molecule has 16 heavy (non-hydrogen) atoms. The molecule has 0 aliphatic heterocycles. The zero-order chi connectivity index (χ0) is 12.0. The molecule has 0 unspecified atom stereocenters. The van der Waals surface area contributed by atoms with Gasteiger partial charge in [-0.25, -0.2) is 4.79 Å². The van der Waals surface area contributed by atoms with Crippen molar-refractivity contribution in [2.24, 2.45) is 0 Å². The van der Waals surface area contributed by atoms with E-state index in [0.29, 0.717) is 5.56 Å². The fourth-order valence-electron chi connectivity index (χ4n) is 1.00. The van der Waals surface area contributed by atoms with E-state index in [-0.39, 0.29) is 12.4 Å². The second kappa shape index (κ2) is 5.80. The monoisotopic (exact) mass is 220 g/mol. The molecule has 0 atom stereocenters. The first-order valence-corrected chi connectivity index (χ1v) is 4.39. The first-order chi connectivity index (χ1) is 7.63. The van der Waals surface area contributed by atoms with Crippen molar-refractivity contribution < 1.29 is 23.8 Å². The first-order valence-electron chi connectivity index (χ1n) is 4.39. The van der Waals surface area contributed by atoms with Crippen molar-refractivity contribution in [2.45, 2.75) is 6.61 Å². The van der Waals surface area contributed by atoms with Crippen molar-refractivity contribution >= 4 is 19.9 Å². The molecule has 0 amide bonds. The molecule has 0 fully saturated rings. The fraction of sp³-hybridized carbons (Fsp3) is 0.200. The average molecular weight is 220 g/mol. The highest BCUT2D eigenvalue weighted by Gasteiger charge is 2.09. The molecule has 0 aliphatic rings. The molecular formula is C10H9BO5. The number of carbonyl (C=O) groups excluding carboxylic acids is 2. The van der Waals surface area contributed by atoms with Gasteiger partial charge in [-0.1, -0.05) is 18.2 Å². The third-order valence-electron chi connectivity index (χ3n) is 1.70. The van der Waals surface area contributed by atoms with Crippen LogP contribution in [-0.4, -0.2) is 27.0 Å². The zero-order valence-corrected chi connectivity index (χ0v) is 8.64. The summed E-state index contributed by atoms with van der Waals surface area (Å²) in [4.78, 5) is 21.3. The number of hydrogen-bond donors (Lipinski definition) is 0. The number of benzene rings is 1. The second-order valence-electron chi connectivity index (χ2n) is 2.77. The van der Waals surface area contributed by atoms with E-state index >= 15 is 0 Å². The molecular weight excluding hydrogens is 211 g/mol. The minimum Gasteiger partial charge on any atom is -0.470 e. The van der Waals surface area contributed by atoms with Crippen LogP contribution in [0.2, 0.25) is 0 Å². The topological polar surface area (TPSA) is 61.8 Å². The summed E-state index contributed by atoms with van der Waals surface area (Å²) >= 11 is 0. The van der Waals surface area contributed by atoms with Gasteiger partial charge < -0.3 is 14.2 Å². The van der Waals surface area contributed by atoms with Crippen LogP contribution in [0.4, 0.5) is 9.59 Å².